The number of aliphatic hydroxyl groups is 1. The number of carbonyl (C=O) groups excluding carboxylic acids is 4. The summed E-state index contributed by atoms with van der Waals surface area (Å²) in [6.07, 6.45) is -3.47. The summed E-state index contributed by atoms with van der Waals surface area (Å²) in [5, 5.41) is 12.0. The van der Waals surface area contributed by atoms with Gasteiger partial charge in [0, 0.05) is 44.0 Å². The number of ether oxygens (including phenoxy) is 2. The zero-order valence-corrected chi connectivity index (χ0v) is 25.5. The molecule has 8 atom stereocenters. The molecule has 0 radical (unpaired) electrons. The highest BCUT2D eigenvalue weighted by Crippen LogP contribution is 2.69. The zero-order chi connectivity index (χ0) is 32.2. The lowest BCUT2D eigenvalue weighted by molar-refractivity contribution is -0.228. The first-order valence-corrected chi connectivity index (χ1v) is 15.2. The molecule has 240 valence electrons. The van der Waals surface area contributed by atoms with Gasteiger partial charge in [0.25, 0.3) is 0 Å². The number of esters is 2. The van der Waals surface area contributed by atoms with E-state index >= 15 is 0 Å². The van der Waals surface area contributed by atoms with Gasteiger partial charge in [-0.2, -0.15) is 13.2 Å². The van der Waals surface area contributed by atoms with E-state index in [9.17, 15) is 37.5 Å². The second-order valence-corrected chi connectivity index (χ2v) is 13.6. The van der Waals surface area contributed by atoms with Crippen molar-refractivity contribution in [3.05, 3.63) is 42.0 Å². The summed E-state index contributed by atoms with van der Waals surface area (Å²) in [7, 11) is 1.95. The van der Waals surface area contributed by atoms with E-state index in [2.05, 4.69) is 4.90 Å². The maximum Gasteiger partial charge on any atom is 0.490 e. The molecule has 0 spiro atoms. The molecular weight excluding hydrogens is 579 g/mol. The lowest BCUT2D eigenvalue weighted by Crippen LogP contribution is -2.64. The van der Waals surface area contributed by atoms with Crippen molar-refractivity contribution in [2.75, 3.05) is 25.1 Å². The molecule has 1 N–H and O–H groups in total. The van der Waals surface area contributed by atoms with E-state index in [4.69, 9.17) is 9.47 Å². The summed E-state index contributed by atoms with van der Waals surface area (Å²) in [5.41, 5.74) is -2.17. The topological polar surface area (TPSA) is 110 Å². The molecule has 1 unspecified atom stereocenters. The summed E-state index contributed by atoms with van der Waals surface area (Å²) in [4.78, 5) is 52.1. The Hall–Kier alpha value is -3.21. The first-order valence-electron chi connectivity index (χ1n) is 15.2. The molecule has 8 nitrogen and oxygen atoms in total. The number of Topliss-reactive ketones (excluding diaryl/α,β-unsaturated/α-hetero) is 1. The molecule has 0 aromatic heterocycles. The molecule has 0 aliphatic heterocycles. The molecule has 4 aliphatic carbocycles. The van der Waals surface area contributed by atoms with Crippen molar-refractivity contribution in [1.29, 1.82) is 0 Å². The van der Waals surface area contributed by atoms with Crippen LogP contribution in [0.15, 0.2) is 42.0 Å². The number of fused-ring (bicyclic) bond motifs is 5. The Morgan fingerprint density at radius 2 is 1.80 bits per heavy atom. The van der Waals surface area contributed by atoms with Crippen LogP contribution in [0.25, 0.3) is 0 Å². The Labute approximate surface area is 254 Å². The number of halogens is 3. The Bertz CT molecular complexity index is 1360. The second kappa shape index (κ2) is 11.3. The number of hydrogen-bond donors (Lipinski definition) is 1. The molecule has 3 saturated carbocycles. The largest absolute Gasteiger partial charge is 0.490 e. The Morgan fingerprint density at radius 3 is 2.43 bits per heavy atom. The van der Waals surface area contributed by atoms with Crippen molar-refractivity contribution in [3.63, 3.8) is 0 Å². The minimum absolute atomic E-state index is 0.0425. The minimum Gasteiger partial charge on any atom is -0.458 e. The first-order chi connectivity index (χ1) is 20.5. The van der Waals surface area contributed by atoms with Gasteiger partial charge in [-0.3, -0.25) is 14.4 Å². The van der Waals surface area contributed by atoms with E-state index in [0.717, 1.165) is 18.2 Å². The average molecular weight is 620 g/mol. The van der Waals surface area contributed by atoms with Crippen LogP contribution >= 0.6 is 0 Å². The fourth-order valence-electron chi connectivity index (χ4n) is 9.24. The van der Waals surface area contributed by atoms with Crippen LogP contribution in [-0.2, 0) is 28.7 Å². The van der Waals surface area contributed by atoms with Crippen molar-refractivity contribution < 1.29 is 46.9 Å². The van der Waals surface area contributed by atoms with E-state index < -0.39 is 59.0 Å². The summed E-state index contributed by atoms with van der Waals surface area (Å²) in [6.45, 7) is 4.66. The SMILES string of the molecule is CC(=O)OCC(=O)[C@@]1(O)CC[C@H]2[C@@H]3CC(CN(C)c4ccccc4)C4=CC(=O)CC[C@]4(C)[C@H]3[C@@H](OC(=O)C(F)(F)F)C[C@@]21C. The van der Waals surface area contributed by atoms with E-state index in [1.165, 1.54) is 0 Å². The molecule has 0 bridgehead atoms. The number of rotatable bonds is 7. The smallest absolute Gasteiger partial charge is 0.458 e. The highest BCUT2D eigenvalue weighted by atomic mass is 19.4. The molecule has 4 aliphatic rings. The molecule has 1 aromatic rings. The van der Waals surface area contributed by atoms with Gasteiger partial charge in [0.05, 0.1) is 0 Å². The minimum atomic E-state index is -5.23. The first kappa shape index (κ1) is 32.2. The molecule has 5 rings (SSSR count). The number of hydrogen-bond acceptors (Lipinski definition) is 8. The van der Waals surface area contributed by atoms with Gasteiger partial charge in [0.2, 0.25) is 5.78 Å². The number of anilines is 1. The predicted molar refractivity (Wildman–Crippen MR) is 153 cm³/mol. The van der Waals surface area contributed by atoms with Gasteiger partial charge in [0.1, 0.15) is 11.7 Å². The van der Waals surface area contributed by atoms with E-state index in [1.54, 1.807) is 13.0 Å². The summed E-state index contributed by atoms with van der Waals surface area (Å²) >= 11 is 0. The number of carbonyl (C=O) groups is 4. The van der Waals surface area contributed by atoms with Crippen molar-refractivity contribution in [2.24, 2.45) is 34.5 Å². The van der Waals surface area contributed by atoms with Crippen LogP contribution in [0.4, 0.5) is 18.9 Å². The van der Waals surface area contributed by atoms with Crippen molar-refractivity contribution >= 4 is 29.2 Å². The van der Waals surface area contributed by atoms with Gasteiger partial charge in [0.15, 0.2) is 12.4 Å². The molecule has 3 fully saturated rings. The maximum atomic E-state index is 13.6. The molecule has 11 heteroatoms. The second-order valence-electron chi connectivity index (χ2n) is 13.6. The van der Waals surface area contributed by atoms with Crippen LogP contribution in [0.5, 0.6) is 0 Å². The van der Waals surface area contributed by atoms with Crippen molar-refractivity contribution in [2.45, 2.75) is 77.2 Å². The molecule has 0 amide bonds. The molecule has 0 heterocycles. The van der Waals surface area contributed by atoms with E-state index in [0.29, 0.717) is 25.8 Å². The van der Waals surface area contributed by atoms with Crippen molar-refractivity contribution in [3.8, 4) is 0 Å². The predicted octanol–water partition coefficient (Wildman–Crippen LogP) is 4.83. The highest BCUT2D eigenvalue weighted by Gasteiger charge is 2.70. The fourth-order valence-corrected chi connectivity index (χ4v) is 9.24. The Balaban J connectivity index is 1.58. The van der Waals surface area contributed by atoms with Gasteiger partial charge in [-0.15, -0.1) is 0 Å². The van der Waals surface area contributed by atoms with Gasteiger partial charge >= 0.3 is 18.1 Å². The van der Waals surface area contributed by atoms with Crippen LogP contribution in [0, 0.1) is 34.5 Å². The normalized spacial score (nSPS) is 36.3. The van der Waals surface area contributed by atoms with Crippen LogP contribution < -0.4 is 4.90 Å². The average Bonchev–Trinajstić information content (AvgIpc) is 3.23. The summed E-state index contributed by atoms with van der Waals surface area (Å²) in [5.74, 6) is -5.10. The lowest BCUT2D eigenvalue weighted by Gasteiger charge is -2.62. The maximum absolute atomic E-state index is 13.6. The lowest BCUT2D eigenvalue weighted by atomic mass is 9.43. The molecule has 44 heavy (non-hydrogen) atoms. The van der Waals surface area contributed by atoms with Gasteiger partial charge in [-0.05, 0) is 73.5 Å². The Kier molecular flexibility index (Phi) is 8.27. The standard InChI is InChI=1S/C33H40F3NO7/c1-19(38)43-18-27(40)32(42)13-11-24-23-14-20(17-37(4)21-8-6-5-7-9-21)25-15-22(39)10-12-30(25,2)28(23)26(16-31(24,32)3)44-29(41)33(34,35)36/h5-9,15,20,23-24,26,28,42H,10-14,16-18H2,1-4H3/t20?,23-,24-,26-,28+,30-,31-,32-/m0/s1. The number of ketones is 2. The van der Waals surface area contributed by atoms with E-state index in [-0.39, 0.29) is 42.8 Å². The van der Waals surface area contributed by atoms with Crippen LogP contribution in [0.1, 0.15) is 59.3 Å². The number of benzene rings is 1. The van der Waals surface area contributed by atoms with Gasteiger partial charge < -0.3 is 19.5 Å². The third-order valence-electron chi connectivity index (χ3n) is 11.2. The van der Waals surface area contributed by atoms with Gasteiger partial charge in [-0.1, -0.05) is 37.6 Å². The van der Waals surface area contributed by atoms with Crippen molar-refractivity contribution in [1.82, 2.24) is 0 Å². The summed E-state index contributed by atoms with van der Waals surface area (Å²) < 4.78 is 51.0. The van der Waals surface area contributed by atoms with Crippen LogP contribution in [0.3, 0.4) is 0 Å². The summed E-state index contributed by atoms with van der Waals surface area (Å²) in [6, 6.07) is 9.71. The van der Waals surface area contributed by atoms with Gasteiger partial charge in [-0.25, -0.2) is 4.79 Å². The van der Waals surface area contributed by atoms with Crippen LogP contribution in [-0.4, -0.2) is 66.7 Å². The number of alkyl halides is 3. The van der Waals surface area contributed by atoms with Crippen LogP contribution in [0.2, 0.25) is 0 Å². The zero-order valence-electron chi connectivity index (χ0n) is 25.5. The quantitative estimate of drug-likeness (QED) is 0.433. The molecule has 1 aromatic carbocycles. The van der Waals surface area contributed by atoms with E-state index in [1.807, 2.05) is 44.3 Å². The monoisotopic (exact) mass is 619 g/mol. The third kappa shape index (κ3) is 5.35. The Morgan fingerprint density at radius 1 is 1.11 bits per heavy atom. The molecule has 0 saturated heterocycles. The fraction of sp³-hybridized carbons (Fsp3) is 0.636. The number of nitrogens with zero attached hydrogens (tertiary/aromatic N) is 1. The third-order valence-corrected chi connectivity index (χ3v) is 11.2. The number of para-hydroxylation sites is 1. The highest BCUT2D eigenvalue weighted by molar-refractivity contribution is 5.92. The molecular formula is C33H40F3NO7.